The number of nitrogens with zero attached hydrogens (tertiary/aromatic N) is 1. The van der Waals surface area contributed by atoms with Crippen molar-refractivity contribution in [1.82, 2.24) is 0 Å². The van der Waals surface area contributed by atoms with Crippen LogP contribution in [0.1, 0.15) is 32.1 Å². The number of carbonyl (C=O) groups excluding carboxylic acids is 2. The van der Waals surface area contributed by atoms with Crippen LogP contribution in [-0.4, -0.2) is 11.8 Å². The molecule has 1 aliphatic carbocycles. The highest BCUT2D eigenvalue weighted by atomic mass is 79.9. The fourth-order valence-corrected chi connectivity index (χ4v) is 3.76. The first-order valence-corrected chi connectivity index (χ1v) is 7.25. The third kappa shape index (κ3) is 1.87. The fourth-order valence-electron chi connectivity index (χ4n) is 3.19. The van der Waals surface area contributed by atoms with Crippen LogP contribution in [-0.2, 0) is 9.59 Å². The Balaban J connectivity index is 2.01. The van der Waals surface area contributed by atoms with E-state index in [4.69, 9.17) is 5.73 Å². The molecule has 19 heavy (non-hydrogen) atoms. The Labute approximate surface area is 120 Å². The average molecular weight is 323 g/mol. The summed E-state index contributed by atoms with van der Waals surface area (Å²) >= 11 is 3.38. The maximum absolute atomic E-state index is 12.6. The maximum Gasteiger partial charge on any atom is 0.240 e. The molecule has 1 spiro atoms. The van der Waals surface area contributed by atoms with Gasteiger partial charge in [-0.2, -0.15) is 0 Å². The first kappa shape index (κ1) is 12.7. The Morgan fingerprint density at radius 2 is 1.89 bits per heavy atom. The minimum absolute atomic E-state index is 0.0412. The van der Waals surface area contributed by atoms with E-state index < -0.39 is 5.41 Å². The summed E-state index contributed by atoms with van der Waals surface area (Å²) in [6, 6.07) is 5.15. The van der Waals surface area contributed by atoms with Gasteiger partial charge in [-0.15, -0.1) is 0 Å². The van der Waals surface area contributed by atoms with Crippen LogP contribution in [0.15, 0.2) is 22.7 Å². The van der Waals surface area contributed by atoms with Crippen LogP contribution in [0.5, 0.6) is 0 Å². The van der Waals surface area contributed by atoms with Crippen molar-refractivity contribution in [3.63, 3.8) is 0 Å². The molecular formula is C14H15BrN2O2. The Hall–Kier alpha value is -1.36. The molecule has 2 N–H and O–H groups in total. The van der Waals surface area contributed by atoms with E-state index in [1.54, 1.807) is 18.2 Å². The number of hydrogen-bond acceptors (Lipinski definition) is 3. The van der Waals surface area contributed by atoms with Crippen LogP contribution < -0.4 is 10.6 Å². The van der Waals surface area contributed by atoms with Gasteiger partial charge < -0.3 is 5.73 Å². The molecule has 1 aliphatic heterocycles. The molecule has 2 amide bonds. The van der Waals surface area contributed by atoms with Crippen molar-refractivity contribution in [2.24, 2.45) is 5.41 Å². The molecular weight excluding hydrogens is 308 g/mol. The number of benzene rings is 1. The minimum Gasteiger partial charge on any atom is -0.399 e. The molecule has 0 atom stereocenters. The van der Waals surface area contributed by atoms with Crippen LogP contribution in [0.2, 0.25) is 0 Å². The van der Waals surface area contributed by atoms with Gasteiger partial charge >= 0.3 is 0 Å². The van der Waals surface area contributed by atoms with E-state index in [-0.39, 0.29) is 11.8 Å². The summed E-state index contributed by atoms with van der Waals surface area (Å²) in [6.45, 7) is 0. The number of nitrogens with two attached hydrogens (primary N) is 1. The molecule has 1 heterocycles. The summed E-state index contributed by atoms with van der Waals surface area (Å²) in [7, 11) is 0. The molecule has 100 valence electrons. The third-order valence-corrected chi connectivity index (χ3v) is 4.80. The lowest BCUT2D eigenvalue weighted by atomic mass is 9.84. The normalized spacial score (nSPS) is 21.6. The summed E-state index contributed by atoms with van der Waals surface area (Å²) in [5, 5.41) is 0. The third-order valence-electron chi connectivity index (χ3n) is 4.17. The summed E-state index contributed by atoms with van der Waals surface area (Å²) < 4.78 is 0.684. The number of halogens is 1. The molecule has 2 aliphatic rings. The van der Waals surface area contributed by atoms with Gasteiger partial charge in [0.05, 0.1) is 11.1 Å². The molecule has 0 bridgehead atoms. The highest BCUT2D eigenvalue weighted by molar-refractivity contribution is 9.10. The van der Waals surface area contributed by atoms with Gasteiger partial charge in [0.2, 0.25) is 11.8 Å². The molecule has 5 heteroatoms. The van der Waals surface area contributed by atoms with Crippen LogP contribution in [0, 0.1) is 5.41 Å². The molecule has 4 nitrogen and oxygen atoms in total. The number of amides is 2. The van der Waals surface area contributed by atoms with E-state index in [0.717, 1.165) is 25.7 Å². The SMILES string of the molecule is Nc1ccc(N2C(=O)CC3(CCCC3)C2=O)c(Br)c1. The summed E-state index contributed by atoms with van der Waals surface area (Å²) in [5.74, 6) is -0.141. The van der Waals surface area contributed by atoms with Gasteiger partial charge in [0, 0.05) is 16.6 Å². The van der Waals surface area contributed by atoms with Gasteiger partial charge in [-0.1, -0.05) is 12.8 Å². The Morgan fingerprint density at radius 3 is 2.53 bits per heavy atom. The highest BCUT2D eigenvalue weighted by Gasteiger charge is 2.53. The molecule has 3 rings (SSSR count). The summed E-state index contributed by atoms with van der Waals surface area (Å²) in [6.07, 6.45) is 4.09. The van der Waals surface area contributed by atoms with Crippen LogP contribution in [0.25, 0.3) is 0 Å². The first-order valence-electron chi connectivity index (χ1n) is 6.46. The topological polar surface area (TPSA) is 63.4 Å². The standard InChI is InChI=1S/C14H15BrN2O2/c15-10-7-9(16)3-4-11(10)17-12(18)8-14(13(17)19)5-1-2-6-14/h3-4,7H,1-2,5-6,8,16H2. The maximum atomic E-state index is 12.6. The molecule has 0 radical (unpaired) electrons. The second-order valence-corrected chi connectivity index (χ2v) is 6.26. The lowest BCUT2D eigenvalue weighted by molar-refractivity contribution is -0.125. The van der Waals surface area contributed by atoms with E-state index in [9.17, 15) is 9.59 Å². The number of carbonyl (C=O) groups is 2. The molecule has 0 unspecified atom stereocenters. The monoisotopic (exact) mass is 322 g/mol. The smallest absolute Gasteiger partial charge is 0.240 e. The van der Waals surface area contributed by atoms with E-state index in [0.29, 0.717) is 22.3 Å². The zero-order valence-corrected chi connectivity index (χ0v) is 12.1. The zero-order chi connectivity index (χ0) is 13.6. The number of anilines is 2. The molecule has 2 fully saturated rings. The van der Waals surface area contributed by atoms with Gasteiger partial charge in [0.1, 0.15) is 0 Å². The molecule has 1 saturated carbocycles. The molecule has 1 aromatic carbocycles. The number of rotatable bonds is 1. The molecule has 1 saturated heterocycles. The van der Waals surface area contributed by atoms with Crippen molar-refractivity contribution in [1.29, 1.82) is 0 Å². The Kier molecular flexibility index (Phi) is 2.89. The van der Waals surface area contributed by atoms with Crippen molar-refractivity contribution in [2.45, 2.75) is 32.1 Å². The first-order chi connectivity index (χ1) is 9.03. The van der Waals surface area contributed by atoms with Crippen molar-refractivity contribution in [3.05, 3.63) is 22.7 Å². The van der Waals surface area contributed by atoms with Gasteiger partial charge in [-0.3, -0.25) is 9.59 Å². The van der Waals surface area contributed by atoms with Gasteiger partial charge in [-0.25, -0.2) is 4.90 Å². The second-order valence-electron chi connectivity index (χ2n) is 5.41. The van der Waals surface area contributed by atoms with Gasteiger partial charge in [0.25, 0.3) is 0 Å². The quantitative estimate of drug-likeness (QED) is 0.638. The van der Waals surface area contributed by atoms with E-state index in [2.05, 4.69) is 15.9 Å². The number of hydrogen-bond donors (Lipinski definition) is 1. The number of nitrogen functional groups attached to an aromatic ring is 1. The minimum atomic E-state index is -0.433. The van der Waals surface area contributed by atoms with Crippen molar-refractivity contribution < 1.29 is 9.59 Å². The second kappa shape index (κ2) is 4.34. The summed E-state index contributed by atoms with van der Waals surface area (Å²) in [4.78, 5) is 26.2. The van der Waals surface area contributed by atoms with E-state index >= 15 is 0 Å². The van der Waals surface area contributed by atoms with Crippen LogP contribution in [0.4, 0.5) is 11.4 Å². The van der Waals surface area contributed by atoms with Gasteiger partial charge in [0.15, 0.2) is 0 Å². The predicted molar refractivity (Wildman–Crippen MR) is 76.6 cm³/mol. The zero-order valence-electron chi connectivity index (χ0n) is 10.5. The van der Waals surface area contributed by atoms with E-state index in [1.807, 2.05) is 0 Å². The fraction of sp³-hybridized carbons (Fsp3) is 0.429. The van der Waals surface area contributed by atoms with Crippen LogP contribution >= 0.6 is 15.9 Å². The van der Waals surface area contributed by atoms with Crippen molar-refractivity contribution in [2.75, 3.05) is 10.6 Å². The van der Waals surface area contributed by atoms with Crippen molar-refractivity contribution in [3.8, 4) is 0 Å². The largest absolute Gasteiger partial charge is 0.399 e. The summed E-state index contributed by atoms with van der Waals surface area (Å²) in [5.41, 5.74) is 6.47. The highest BCUT2D eigenvalue weighted by Crippen LogP contribution is 2.48. The van der Waals surface area contributed by atoms with Crippen molar-refractivity contribution >= 4 is 39.1 Å². The van der Waals surface area contributed by atoms with E-state index in [1.165, 1.54) is 4.90 Å². The molecule has 0 aromatic heterocycles. The predicted octanol–water partition coefficient (Wildman–Crippen LogP) is 2.86. The van der Waals surface area contributed by atoms with Crippen LogP contribution in [0.3, 0.4) is 0 Å². The Bertz CT molecular complexity index is 565. The molecule has 1 aromatic rings. The lowest BCUT2D eigenvalue weighted by Crippen LogP contribution is -2.34. The average Bonchev–Trinajstić information content (AvgIpc) is 2.89. The number of imide groups is 1. The lowest BCUT2D eigenvalue weighted by Gasteiger charge is -2.21. The Morgan fingerprint density at radius 1 is 1.21 bits per heavy atom. The van der Waals surface area contributed by atoms with Gasteiger partial charge in [-0.05, 0) is 47.0 Å².